The van der Waals surface area contributed by atoms with Crippen molar-refractivity contribution >= 4 is 49.4 Å². The van der Waals surface area contributed by atoms with Gasteiger partial charge in [-0.1, -0.05) is 27.7 Å². The van der Waals surface area contributed by atoms with Crippen LogP contribution in [0.2, 0.25) is 0 Å². The first-order valence-electron chi connectivity index (χ1n) is 20.3. The van der Waals surface area contributed by atoms with E-state index in [1.54, 1.807) is 35.6 Å². The zero-order valence-corrected chi connectivity index (χ0v) is 37.1. The Hall–Kier alpha value is -5.49. The minimum Gasteiger partial charge on any atom is -0.492 e. The number of amides is 1. The van der Waals surface area contributed by atoms with Crippen LogP contribution in [0.5, 0.6) is 11.5 Å². The van der Waals surface area contributed by atoms with Gasteiger partial charge in [-0.3, -0.25) is 19.6 Å². The maximum absolute atomic E-state index is 13.0. The second-order valence-corrected chi connectivity index (χ2v) is 18.3. The third-order valence-electron chi connectivity index (χ3n) is 10.2. The summed E-state index contributed by atoms with van der Waals surface area (Å²) in [4.78, 5) is 46.7. The van der Waals surface area contributed by atoms with Gasteiger partial charge in [0.15, 0.2) is 0 Å². The van der Waals surface area contributed by atoms with Crippen molar-refractivity contribution in [2.24, 2.45) is 31.7 Å². The monoisotopic (exact) mass is 806 g/mol. The minimum atomic E-state index is -0.622. The number of pyridine rings is 4. The van der Waals surface area contributed by atoms with E-state index in [0.29, 0.717) is 40.7 Å². The summed E-state index contributed by atoms with van der Waals surface area (Å²) in [6, 6.07) is 15.4. The van der Waals surface area contributed by atoms with Crippen LogP contribution in [0, 0.1) is 25.7 Å². The Morgan fingerprint density at radius 2 is 1.14 bits per heavy atom. The van der Waals surface area contributed by atoms with E-state index in [2.05, 4.69) is 43.0 Å². The van der Waals surface area contributed by atoms with Crippen molar-refractivity contribution in [1.82, 2.24) is 24.4 Å². The van der Waals surface area contributed by atoms with E-state index in [0.717, 1.165) is 56.9 Å². The van der Waals surface area contributed by atoms with Crippen molar-refractivity contribution < 1.29 is 19.0 Å². The molecule has 2 aromatic carbocycles. The molecule has 1 amide bonds. The molecule has 4 heterocycles. The number of aryl methyl sites for hydroxylation is 4. The number of nitrogens with two attached hydrogens (primary N) is 1. The van der Waals surface area contributed by atoms with Gasteiger partial charge in [-0.05, 0) is 120 Å². The van der Waals surface area contributed by atoms with Crippen LogP contribution in [0.4, 0.5) is 4.79 Å². The van der Waals surface area contributed by atoms with Gasteiger partial charge in [-0.2, -0.15) is 0 Å². The smallest absolute Gasteiger partial charge is 0.408 e. The third-order valence-corrected chi connectivity index (χ3v) is 10.2. The van der Waals surface area contributed by atoms with Crippen molar-refractivity contribution in [3.05, 3.63) is 93.0 Å². The van der Waals surface area contributed by atoms with Crippen LogP contribution in [0.25, 0.3) is 43.4 Å². The van der Waals surface area contributed by atoms with Crippen molar-refractivity contribution in [2.45, 2.75) is 106 Å². The first-order chi connectivity index (χ1) is 27.5. The fraction of sp³-hybridized carbons (Fsp3) is 0.468. The molecule has 12 nitrogen and oxygen atoms in total. The molecule has 0 aliphatic heterocycles. The van der Waals surface area contributed by atoms with Gasteiger partial charge in [0, 0.05) is 54.9 Å². The maximum Gasteiger partial charge on any atom is 0.408 e. The molecule has 12 heteroatoms. The summed E-state index contributed by atoms with van der Waals surface area (Å²) < 4.78 is 20.8. The third kappa shape index (κ3) is 10.6. The molecule has 3 N–H and O–H groups in total. The summed E-state index contributed by atoms with van der Waals surface area (Å²) in [7, 11) is 3.54. The molecule has 316 valence electrons. The summed E-state index contributed by atoms with van der Waals surface area (Å²) in [5, 5.41) is 8.06. The van der Waals surface area contributed by atoms with Crippen LogP contribution in [-0.4, -0.2) is 55.1 Å². The number of nitrogens with zero attached hydrogens (tertiary/aromatic N) is 4. The Morgan fingerprint density at radius 3 is 1.56 bits per heavy atom. The van der Waals surface area contributed by atoms with Crippen molar-refractivity contribution in [3.63, 3.8) is 0 Å². The van der Waals surface area contributed by atoms with E-state index in [4.69, 9.17) is 19.9 Å². The summed E-state index contributed by atoms with van der Waals surface area (Å²) >= 11 is 0. The lowest BCUT2D eigenvalue weighted by Gasteiger charge is -2.33. The molecule has 0 aliphatic carbocycles. The van der Waals surface area contributed by atoms with Crippen molar-refractivity contribution in [3.8, 4) is 11.5 Å². The Kier molecular flexibility index (Phi) is 13.1. The molecular formula is C47H62N6O6. The number of alkyl carbamates (subject to hydrolysis) is 1. The molecule has 0 radical (unpaired) electrons. The minimum absolute atomic E-state index is 0.0429. The summed E-state index contributed by atoms with van der Waals surface area (Å²) in [5.74, 6) is 2.20. The van der Waals surface area contributed by atoms with Crippen LogP contribution < -0.4 is 31.6 Å². The van der Waals surface area contributed by atoms with Crippen LogP contribution in [-0.2, 0) is 18.8 Å². The Bertz CT molecular complexity index is 2620. The average molecular weight is 807 g/mol. The maximum atomic E-state index is 13.0. The topological polar surface area (TPSA) is 153 Å². The van der Waals surface area contributed by atoms with Gasteiger partial charge in [-0.15, -0.1) is 0 Å². The van der Waals surface area contributed by atoms with Gasteiger partial charge < -0.3 is 34.4 Å². The largest absolute Gasteiger partial charge is 0.492 e. The quantitative estimate of drug-likeness (QED) is 0.123. The number of carbonyl (C=O) groups excluding carboxylic acids is 1. The summed E-state index contributed by atoms with van der Waals surface area (Å²) in [5.41, 5.74) is 7.70. The zero-order chi connectivity index (χ0) is 43.6. The van der Waals surface area contributed by atoms with E-state index >= 15 is 0 Å². The predicted molar refractivity (Wildman–Crippen MR) is 239 cm³/mol. The molecule has 4 aromatic heterocycles. The standard InChI is InChI=1S/C26H35N3O4.C21H27N3O2/c1-16(2)14-26(7,28-24(31)33-25(4,5)6)15-32-18-9-10-19-20-11-12-27-17(3)22(20)23(30)29(8)21(19)13-18;1-13(2)11-21(4,22)12-26-15-6-7-16-17-8-9-23-14(3)19(17)20(25)24(5)18(16)10-15/h9-13,16H,14-15H2,1-8H3,(H,28,31);6-10,13H,11-12,22H2,1-5H3. The lowest BCUT2D eigenvalue weighted by atomic mass is 9.91. The average Bonchev–Trinajstić information content (AvgIpc) is 3.12. The van der Waals surface area contributed by atoms with E-state index in [1.165, 1.54) is 0 Å². The second kappa shape index (κ2) is 17.4. The fourth-order valence-electron chi connectivity index (χ4n) is 7.97. The molecule has 59 heavy (non-hydrogen) atoms. The number of rotatable bonds is 11. The normalized spacial score (nSPS) is 14.0. The fourth-order valence-corrected chi connectivity index (χ4v) is 7.97. The second-order valence-electron chi connectivity index (χ2n) is 18.3. The molecule has 6 aromatic rings. The van der Waals surface area contributed by atoms with E-state index in [-0.39, 0.29) is 23.3 Å². The number of aromatic nitrogens is 4. The molecule has 2 atom stereocenters. The number of ether oxygens (including phenoxy) is 3. The van der Waals surface area contributed by atoms with E-state index < -0.39 is 17.2 Å². The van der Waals surface area contributed by atoms with Crippen LogP contribution >= 0.6 is 0 Å². The zero-order valence-electron chi connectivity index (χ0n) is 37.1. The Labute approximate surface area is 347 Å². The highest BCUT2D eigenvalue weighted by Crippen LogP contribution is 2.30. The SMILES string of the molecule is Cc1nccc2c1c(=O)n(C)c1cc(OCC(C)(CC(C)C)NC(=O)OC(C)(C)C)ccc21.Cc1nccc2c1c(=O)n(C)c1cc(OCC(C)(N)CC(C)C)ccc21. The first-order valence-corrected chi connectivity index (χ1v) is 20.3. The number of hydrogen-bond acceptors (Lipinski definition) is 9. The van der Waals surface area contributed by atoms with Crippen LogP contribution in [0.3, 0.4) is 0 Å². The molecule has 0 saturated carbocycles. The van der Waals surface area contributed by atoms with E-state index in [1.807, 2.05) is 97.0 Å². The van der Waals surface area contributed by atoms with Gasteiger partial charge in [0.25, 0.3) is 11.1 Å². The molecule has 0 spiro atoms. The molecule has 2 unspecified atom stereocenters. The van der Waals surface area contributed by atoms with Gasteiger partial charge in [-0.25, -0.2) is 4.79 Å². The highest BCUT2D eigenvalue weighted by atomic mass is 16.6. The van der Waals surface area contributed by atoms with Gasteiger partial charge >= 0.3 is 6.09 Å². The number of carbonyl (C=O) groups is 1. The lowest BCUT2D eigenvalue weighted by molar-refractivity contribution is 0.0408. The van der Waals surface area contributed by atoms with Gasteiger partial charge in [0.2, 0.25) is 0 Å². The highest BCUT2D eigenvalue weighted by Gasteiger charge is 2.31. The number of hydrogen-bond donors (Lipinski definition) is 2. The molecule has 0 fully saturated rings. The van der Waals surface area contributed by atoms with Gasteiger partial charge in [0.1, 0.15) is 30.3 Å². The summed E-state index contributed by atoms with van der Waals surface area (Å²) in [6.45, 7) is 22.4. The number of benzene rings is 2. The number of nitrogens with one attached hydrogen (secondary N) is 1. The Balaban J connectivity index is 0.000000230. The molecule has 0 bridgehead atoms. The van der Waals surface area contributed by atoms with Crippen molar-refractivity contribution in [2.75, 3.05) is 13.2 Å². The highest BCUT2D eigenvalue weighted by molar-refractivity contribution is 6.07. The molecule has 6 rings (SSSR count). The van der Waals surface area contributed by atoms with Crippen molar-refractivity contribution in [1.29, 1.82) is 0 Å². The predicted octanol–water partition coefficient (Wildman–Crippen LogP) is 8.64. The number of fused-ring (bicyclic) bond motifs is 6. The lowest BCUT2D eigenvalue weighted by Crippen LogP contribution is -2.52. The summed E-state index contributed by atoms with van der Waals surface area (Å²) in [6.07, 6.45) is 4.60. The van der Waals surface area contributed by atoms with Gasteiger partial charge in [0.05, 0.1) is 38.7 Å². The molecule has 0 saturated heterocycles. The molecular weight excluding hydrogens is 745 g/mol. The van der Waals surface area contributed by atoms with Crippen LogP contribution in [0.15, 0.2) is 70.5 Å². The Morgan fingerprint density at radius 1 is 0.695 bits per heavy atom. The first kappa shape index (κ1) is 44.6. The molecule has 0 aliphatic rings. The van der Waals surface area contributed by atoms with E-state index in [9.17, 15) is 14.4 Å². The van der Waals surface area contributed by atoms with Crippen LogP contribution in [0.1, 0.15) is 86.5 Å².